The molecule has 26 heavy (non-hydrogen) atoms. The summed E-state index contributed by atoms with van der Waals surface area (Å²) in [5, 5.41) is 17.6. The lowest BCUT2D eigenvalue weighted by molar-refractivity contribution is -0.173. The van der Waals surface area contributed by atoms with E-state index >= 15 is 0 Å². The van der Waals surface area contributed by atoms with Gasteiger partial charge in [0.2, 0.25) is 5.60 Å². The molecule has 0 aliphatic heterocycles. The van der Waals surface area contributed by atoms with E-state index < -0.39 is 66.6 Å². The van der Waals surface area contributed by atoms with E-state index in [0.29, 0.717) is 0 Å². The van der Waals surface area contributed by atoms with Crippen LogP contribution in [0, 0.1) is 0 Å². The van der Waals surface area contributed by atoms with Gasteiger partial charge in [-0.3, -0.25) is 24.0 Å². The van der Waals surface area contributed by atoms with E-state index in [9.17, 15) is 24.0 Å². The highest BCUT2D eigenvalue weighted by atomic mass is 16.6. The summed E-state index contributed by atoms with van der Waals surface area (Å²) in [7, 11) is 0. The Morgan fingerprint density at radius 1 is 0.962 bits per heavy atom. The van der Waals surface area contributed by atoms with Crippen LogP contribution in [-0.2, 0) is 33.4 Å². The summed E-state index contributed by atoms with van der Waals surface area (Å²) in [5.74, 6) is -6.13. The molecule has 0 rings (SSSR count). The van der Waals surface area contributed by atoms with Gasteiger partial charge in [-0.05, 0) is 0 Å². The van der Waals surface area contributed by atoms with E-state index in [1.807, 2.05) is 0 Å². The maximum absolute atomic E-state index is 12.7. The van der Waals surface area contributed by atoms with Crippen molar-refractivity contribution in [3.8, 4) is 0 Å². The van der Waals surface area contributed by atoms with Gasteiger partial charge < -0.3 is 36.9 Å². The number of nitrogens with two attached hydrogens (primary N) is 3. The molecule has 0 saturated heterocycles. The average Bonchev–Trinajstić information content (AvgIpc) is 2.52. The van der Waals surface area contributed by atoms with Gasteiger partial charge in [0.15, 0.2) is 11.6 Å². The summed E-state index contributed by atoms with van der Waals surface area (Å²) in [5.41, 5.74) is 13.8. The first kappa shape index (κ1) is 23.6. The predicted molar refractivity (Wildman–Crippen MR) is 84.8 cm³/mol. The number of esters is 1. The lowest BCUT2D eigenvalue weighted by Crippen LogP contribution is -2.63. The van der Waals surface area contributed by atoms with Crippen molar-refractivity contribution >= 4 is 29.5 Å². The number of aliphatic carboxylic acids is 2. The minimum absolute atomic E-state index is 0.148. The molecule has 0 aliphatic carbocycles. The Hall–Kier alpha value is -2.41. The molecular formula is C14H23N3O9. The zero-order chi connectivity index (χ0) is 20.5. The fourth-order valence-electron chi connectivity index (χ4n) is 2.04. The highest BCUT2D eigenvalue weighted by Crippen LogP contribution is 2.21. The molecule has 0 amide bonds. The molecule has 2 atom stereocenters. The second-order valence-corrected chi connectivity index (χ2v) is 5.38. The molecule has 0 heterocycles. The number of rotatable bonds is 13. The van der Waals surface area contributed by atoms with Crippen LogP contribution in [0.2, 0.25) is 0 Å². The van der Waals surface area contributed by atoms with Gasteiger partial charge in [0, 0.05) is 13.5 Å². The van der Waals surface area contributed by atoms with Crippen molar-refractivity contribution in [1.82, 2.24) is 0 Å². The van der Waals surface area contributed by atoms with Crippen molar-refractivity contribution in [2.24, 2.45) is 17.2 Å². The molecular weight excluding hydrogens is 354 g/mol. The van der Waals surface area contributed by atoms with Crippen LogP contribution in [0.3, 0.4) is 0 Å². The summed E-state index contributed by atoms with van der Waals surface area (Å²) in [4.78, 5) is 58.1. The molecule has 0 aliphatic rings. The van der Waals surface area contributed by atoms with Crippen LogP contribution in [0.1, 0.15) is 19.8 Å². The zero-order valence-corrected chi connectivity index (χ0v) is 14.2. The average molecular weight is 377 g/mol. The second kappa shape index (κ2) is 10.6. The van der Waals surface area contributed by atoms with E-state index in [4.69, 9.17) is 36.9 Å². The summed E-state index contributed by atoms with van der Waals surface area (Å²) < 4.78 is 9.92. The molecule has 0 aromatic rings. The van der Waals surface area contributed by atoms with Crippen molar-refractivity contribution in [3.05, 3.63) is 0 Å². The Morgan fingerprint density at radius 2 is 1.38 bits per heavy atom. The van der Waals surface area contributed by atoms with Crippen LogP contribution >= 0.6 is 0 Å². The molecule has 0 radical (unpaired) electrons. The van der Waals surface area contributed by atoms with Crippen molar-refractivity contribution in [3.63, 3.8) is 0 Å². The largest absolute Gasteiger partial charge is 0.481 e. The number of ketones is 2. The Bertz CT molecular complexity index is 530. The Morgan fingerprint density at radius 3 is 1.69 bits per heavy atom. The van der Waals surface area contributed by atoms with E-state index in [0.717, 1.165) is 6.92 Å². The molecule has 8 N–H and O–H groups in total. The van der Waals surface area contributed by atoms with Gasteiger partial charge in [0.25, 0.3) is 0 Å². The van der Waals surface area contributed by atoms with E-state index in [-0.39, 0.29) is 13.2 Å². The second-order valence-electron chi connectivity index (χ2n) is 5.38. The highest BCUT2D eigenvalue weighted by molar-refractivity contribution is 6.15. The monoisotopic (exact) mass is 377 g/mol. The minimum atomic E-state index is -2.56. The van der Waals surface area contributed by atoms with Crippen LogP contribution in [0.5, 0.6) is 0 Å². The maximum Gasteiger partial charge on any atom is 0.305 e. The highest BCUT2D eigenvalue weighted by Gasteiger charge is 2.52. The van der Waals surface area contributed by atoms with Crippen molar-refractivity contribution < 1.29 is 43.7 Å². The fraction of sp³-hybridized carbons (Fsp3) is 0.643. The van der Waals surface area contributed by atoms with E-state index in [1.54, 1.807) is 0 Å². The topological polar surface area (TPSA) is 222 Å². The Balaban J connectivity index is 5.97. The first-order valence-corrected chi connectivity index (χ1v) is 7.48. The normalized spacial score (nSPS) is 13.5. The fourth-order valence-corrected chi connectivity index (χ4v) is 2.04. The third kappa shape index (κ3) is 6.84. The van der Waals surface area contributed by atoms with Crippen molar-refractivity contribution in [2.45, 2.75) is 37.5 Å². The molecule has 0 bridgehead atoms. The summed E-state index contributed by atoms with van der Waals surface area (Å²) in [6.45, 7) is -0.458. The lowest BCUT2D eigenvalue weighted by atomic mass is 9.84. The van der Waals surface area contributed by atoms with Gasteiger partial charge in [-0.25, -0.2) is 0 Å². The molecule has 12 nitrogen and oxygen atoms in total. The van der Waals surface area contributed by atoms with Crippen molar-refractivity contribution in [2.75, 3.05) is 19.8 Å². The molecule has 0 spiro atoms. The van der Waals surface area contributed by atoms with Crippen LogP contribution in [0.4, 0.5) is 0 Å². The first-order valence-electron chi connectivity index (χ1n) is 7.48. The maximum atomic E-state index is 12.7. The summed E-state index contributed by atoms with van der Waals surface area (Å²) in [6.07, 6.45) is -1.68. The van der Waals surface area contributed by atoms with Crippen LogP contribution in [0.15, 0.2) is 0 Å². The predicted octanol–water partition coefficient (Wildman–Crippen LogP) is -2.99. The minimum Gasteiger partial charge on any atom is -0.481 e. The summed E-state index contributed by atoms with van der Waals surface area (Å²) in [6, 6.07) is -3.39. The third-order valence-electron chi connectivity index (χ3n) is 3.20. The third-order valence-corrected chi connectivity index (χ3v) is 3.20. The number of hydrogen-bond acceptors (Lipinski definition) is 10. The summed E-state index contributed by atoms with van der Waals surface area (Å²) >= 11 is 0. The Kier molecular flexibility index (Phi) is 9.57. The zero-order valence-electron chi connectivity index (χ0n) is 14.2. The Labute approximate surface area is 148 Å². The van der Waals surface area contributed by atoms with Crippen LogP contribution in [0.25, 0.3) is 0 Å². The molecule has 0 unspecified atom stereocenters. The van der Waals surface area contributed by atoms with E-state index in [2.05, 4.69) is 0 Å². The number of carboxylic acids is 2. The molecule has 12 heteroatoms. The number of carboxylic acid groups (broad SMARTS) is 2. The quantitative estimate of drug-likeness (QED) is 0.160. The SMILES string of the molecule is CC(=O)OCC(OCCN)(C(=O)[C@@H](N)CC(=O)O)C(=O)[C@@H](N)CC(=O)O. The van der Waals surface area contributed by atoms with E-state index in [1.165, 1.54) is 0 Å². The molecule has 0 aromatic heterocycles. The molecule has 0 fully saturated rings. The van der Waals surface area contributed by atoms with Crippen LogP contribution in [-0.4, -0.2) is 77.1 Å². The van der Waals surface area contributed by atoms with Gasteiger partial charge in [-0.15, -0.1) is 0 Å². The lowest BCUT2D eigenvalue weighted by Gasteiger charge is -2.33. The van der Waals surface area contributed by atoms with Gasteiger partial charge >= 0.3 is 17.9 Å². The number of carbonyl (C=O) groups excluding carboxylic acids is 3. The van der Waals surface area contributed by atoms with Gasteiger partial charge in [-0.1, -0.05) is 0 Å². The number of ether oxygens (including phenoxy) is 2. The molecule has 0 saturated carbocycles. The van der Waals surface area contributed by atoms with Gasteiger partial charge in [0.1, 0.15) is 6.61 Å². The molecule has 0 aromatic carbocycles. The first-order chi connectivity index (χ1) is 12.0. The number of hydrogen-bond donors (Lipinski definition) is 5. The number of carbonyl (C=O) groups is 5. The number of Topliss-reactive ketones (excluding diaryl/α,β-unsaturated/α-hetero) is 2. The smallest absolute Gasteiger partial charge is 0.305 e. The van der Waals surface area contributed by atoms with Crippen molar-refractivity contribution in [1.29, 1.82) is 0 Å². The standard InChI is InChI=1S/C14H23N3O9/c1-7(18)25-6-14(26-3-2-15,12(23)8(16)4-10(19)20)13(24)9(17)5-11(21)22/h8-9H,2-6,15-17H2,1H3,(H,19,20)(H,21,22)/t8-,9-/m0/s1. The molecule has 148 valence electrons. The van der Waals surface area contributed by atoms with Gasteiger partial charge in [-0.2, -0.15) is 0 Å². The van der Waals surface area contributed by atoms with Gasteiger partial charge in [0.05, 0.1) is 31.5 Å². The van der Waals surface area contributed by atoms with Crippen LogP contribution < -0.4 is 17.2 Å².